The minimum absolute atomic E-state index is 0.00168. The topological polar surface area (TPSA) is 138 Å². The monoisotopic (exact) mass is 562 g/mol. The molecule has 0 aliphatic carbocycles. The first-order valence-electron chi connectivity index (χ1n) is 13.7. The summed E-state index contributed by atoms with van der Waals surface area (Å²) in [6.07, 6.45) is 5.19. The Balaban J connectivity index is 1.49. The van der Waals surface area contributed by atoms with Crippen molar-refractivity contribution in [2.75, 3.05) is 38.7 Å². The molecule has 3 aliphatic rings. The average Bonchev–Trinajstić information content (AvgIpc) is 3.61. The predicted molar refractivity (Wildman–Crippen MR) is 148 cm³/mol. The van der Waals surface area contributed by atoms with Crippen molar-refractivity contribution >= 4 is 29.1 Å². The summed E-state index contributed by atoms with van der Waals surface area (Å²) < 4.78 is 26.0. The molecule has 214 valence electrons. The number of nitrogens with one attached hydrogen (secondary N) is 4. The zero-order chi connectivity index (χ0) is 28.5. The largest absolute Gasteiger partial charge is 0.492 e. The Bertz CT molecular complexity index is 1510. The number of aromatic amines is 1. The minimum Gasteiger partial charge on any atom is -0.492 e. The van der Waals surface area contributed by atoms with Gasteiger partial charge >= 0.3 is 0 Å². The maximum atomic E-state index is 14.6. The third-order valence-electron chi connectivity index (χ3n) is 7.83. The normalized spacial score (nSPS) is 20.8. The molecule has 12 heteroatoms. The Hall–Kier alpha value is -4.61. The molecule has 1 fully saturated rings. The molecule has 3 amide bonds. The molecule has 11 nitrogen and oxygen atoms in total. The molecule has 2 atom stereocenters. The van der Waals surface area contributed by atoms with Gasteiger partial charge in [0.15, 0.2) is 11.6 Å². The fourth-order valence-electron chi connectivity index (χ4n) is 5.87. The number of carbonyl (C=O) groups excluding carboxylic acids is 3. The maximum absolute atomic E-state index is 14.6. The van der Waals surface area contributed by atoms with Crippen molar-refractivity contribution in [2.24, 2.45) is 0 Å². The van der Waals surface area contributed by atoms with E-state index in [9.17, 15) is 18.8 Å². The number of carbonyl (C=O) groups is 3. The van der Waals surface area contributed by atoms with Gasteiger partial charge < -0.3 is 35.3 Å². The highest BCUT2D eigenvalue weighted by Crippen LogP contribution is 2.44. The summed E-state index contributed by atoms with van der Waals surface area (Å²) in [5, 5.41) is 9.09. The number of benzene rings is 1. The molecule has 0 spiro atoms. The summed E-state index contributed by atoms with van der Waals surface area (Å²) in [6, 6.07) is 5.74. The van der Waals surface area contributed by atoms with Crippen LogP contribution in [0.1, 0.15) is 47.7 Å². The lowest BCUT2D eigenvalue weighted by Crippen LogP contribution is -2.47. The van der Waals surface area contributed by atoms with Crippen LogP contribution in [0.2, 0.25) is 0 Å². The van der Waals surface area contributed by atoms with Crippen LogP contribution in [0.25, 0.3) is 11.3 Å². The molecule has 3 aromatic rings. The number of para-hydroxylation sites is 1. The number of hydrogen-bond donors (Lipinski definition) is 4. The Labute approximate surface area is 235 Å². The summed E-state index contributed by atoms with van der Waals surface area (Å²) >= 11 is 0. The Kier molecular flexibility index (Phi) is 7.21. The van der Waals surface area contributed by atoms with Crippen LogP contribution in [0.5, 0.6) is 11.5 Å². The highest BCUT2D eigenvalue weighted by atomic mass is 19.1. The van der Waals surface area contributed by atoms with Crippen molar-refractivity contribution in [1.82, 2.24) is 25.5 Å². The van der Waals surface area contributed by atoms with Gasteiger partial charge in [0.25, 0.3) is 5.91 Å². The molecular weight excluding hydrogens is 531 g/mol. The molecule has 2 aromatic heterocycles. The van der Waals surface area contributed by atoms with Gasteiger partial charge in [-0.25, -0.2) is 4.39 Å². The van der Waals surface area contributed by atoms with E-state index >= 15 is 0 Å². The van der Waals surface area contributed by atoms with E-state index in [0.29, 0.717) is 72.2 Å². The smallest absolute Gasteiger partial charge is 0.255 e. The van der Waals surface area contributed by atoms with E-state index in [1.54, 1.807) is 35.5 Å². The van der Waals surface area contributed by atoms with Crippen LogP contribution in [0, 0.1) is 5.82 Å². The molecule has 0 radical (unpaired) electrons. The third-order valence-corrected chi connectivity index (χ3v) is 7.83. The van der Waals surface area contributed by atoms with Gasteiger partial charge in [0.1, 0.15) is 11.8 Å². The number of H-pyrrole nitrogens is 1. The Morgan fingerprint density at radius 3 is 2.90 bits per heavy atom. The van der Waals surface area contributed by atoms with Crippen molar-refractivity contribution in [1.29, 1.82) is 0 Å². The van der Waals surface area contributed by atoms with Gasteiger partial charge in [-0.3, -0.25) is 19.4 Å². The van der Waals surface area contributed by atoms with Gasteiger partial charge in [-0.15, -0.1) is 0 Å². The fraction of sp³-hybridized carbons (Fsp3) is 0.379. The first-order valence-corrected chi connectivity index (χ1v) is 13.7. The molecule has 41 heavy (non-hydrogen) atoms. The van der Waals surface area contributed by atoms with Gasteiger partial charge in [0.2, 0.25) is 11.8 Å². The first kappa shape index (κ1) is 26.6. The summed E-state index contributed by atoms with van der Waals surface area (Å²) in [4.78, 5) is 49.1. The number of anilines is 2. The number of amides is 3. The first-order chi connectivity index (χ1) is 20.0. The lowest BCUT2D eigenvalue weighted by molar-refractivity contribution is -0.138. The highest BCUT2D eigenvalue weighted by molar-refractivity contribution is 6.07. The van der Waals surface area contributed by atoms with E-state index in [1.165, 1.54) is 13.2 Å². The molecular formula is C29H31FN6O5. The molecule has 5 heterocycles. The fourth-order valence-corrected chi connectivity index (χ4v) is 5.87. The number of aromatic nitrogens is 2. The van der Waals surface area contributed by atoms with Crippen LogP contribution >= 0.6 is 0 Å². The molecule has 0 saturated carbocycles. The SMILES string of the molecule is COc1c(F)cccc1Nc1c2[nH]c3c1C(=O)NC[C@H]3CC(=O)N1CCC[C@H]1C(=O)NCCCOc1cnccc1-2. The summed E-state index contributed by atoms with van der Waals surface area (Å²) in [5.74, 6) is -1.13. The van der Waals surface area contributed by atoms with Gasteiger partial charge in [0, 0.05) is 49.4 Å². The van der Waals surface area contributed by atoms with Crippen LogP contribution in [-0.4, -0.2) is 72.0 Å². The van der Waals surface area contributed by atoms with Crippen LogP contribution in [0.3, 0.4) is 0 Å². The molecule has 1 saturated heterocycles. The molecule has 6 rings (SSSR count). The number of methoxy groups -OCH3 is 1. The quantitative estimate of drug-likeness (QED) is 0.385. The van der Waals surface area contributed by atoms with Crippen molar-refractivity contribution in [3.63, 3.8) is 0 Å². The molecule has 1 aromatic carbocycles. The predicted octanol–water partition coefficient (Wildman–Crippen LogP) is 3.07. The zero-order valence-electron chi connectivity index (χ0n) is 22.6. The Morgan fingerprint density at radius 2 is 2.05 bits per heavy atom. The second-order valence-corrected chi connectivity index (χ2v) is 10.3. The van der Waals surface area contributed by atoms with Crippen molar-refractivity contribution in [3.05, 3.63) is 53.7 Å². The minimum atomic E-state index is -0.557. The second kappa shape index (κ2) is 11.1. The van der Waals surface area contributed by atoms with Crippen molar-refractivity contribution in [2.45, 2.75) is 37.6 Å². The Morgan fingerprint density at radius 1 is 1.17 bits per heavy atom. The van der Waals surface area contributed by atoms with E-state index in [1.807, 2.05) is 0 Å². The van der Waals surface area contributed by atoms with E-state index < -0.39 is 11.9 Å². The molecule has 2 bridgehead atoms. The highest BCUT2D eigenvalue weighted by Gasteiger charge is 2.39. The van der Waals surface area contributed by atoms with Gasteiger partial charge in [-0.2, -0.15) is 0 Å². The van der Waals surface area contributed by atoms with E-state index in [0.717, 1.165) is 6.42 Å². The molecule has 0 unspecified atom stereocenters. The second-order valence-electron chi connectivity index (χ2n) is 10.3. The van der Waals surface area contributed by atoms with E-state index in [-0.39, 0.29) is 42.4 Å². The number of ether oxygens (including phenoxy) is 2. The standard InChI is InChI=1S/C29H31FN6O5/c1-40-27-18(30)5-2-6-19(27)34-26-23-24-16(14-33-29(23)39)13-22(37)36-11-3-7-20(36)28(38)32-9-4-12-41-21-15-31-10-8-17(21)25(26)35-24/h2,5-6,8,10,15-16,20,34-35H,3-4,7,9,11-14H2,1H3,(H,32,38)(H,33,39)/t16-,20+/m1/s1. The van der Waals surface area contributed by atoms with Gasteiger partial charge in [0.05, 0.1) is 42.5 Å². The molecule has 3 aliphatic heterocycles. The summed E-state index contributed by atoms with van der Waals surface area (Å²) in [6.45, 7) is 1.45. The summed E-state index contributed by atoms with van der Waals surface area (Å²) in [7, 11) is 1.37. The van der Waals surface area contributed by atoms with E-state index in [2.05, 4.69) is 25.9 Å². The number of fused-ring (bicyclic) bond motifs is 4. The number of hydrogen-bond acceptors (Lipinski definition) is 7. The van der Waals surface area contributed by atoms with E-state index in [4.69, 9.17) is 9.47 Å². The van der Waals surface area contributed by atoms with Crippen LogP contribution < -0.4 is 25.4 Å². The third kappa shape index (κ3) is 4.94. The van der Waals surface area contributed by atoms with Gasteiger partial charge in [-0.05, 0) is 37.5 Å². The number of halogens is 1. The lowest BCUT2D eigenvalue weighted by atomic mass is 9.92. The maximum Gasteiger partial charge on any atom is 0.255 e. The lowest BCUT2D eigenvalue weighted by Gasteiger charge is -2.28. The van der Waals surface area contributed by atoms with Gasteiger partial charge in [-0.1, -0.05) is 6.07 Å². The zero-order valence-corrected chi connectivity index (χ0v) is 22.6. The van der Waals surface area contributed by atoms with Crippen molar-refractivity contribution in [3.8, 4) is 22.8 Å². The van der Waals surface area contributed by atoms with Crippen LogP contribution in [0.4, 0.5) is 15.8 Å². The summed E-state index contributed by atoms with van der Waals surface area (Å²) in [5.41, 5.74) is 2.78. The average molecular weight is 563 g/mol. The number of pyridine rings is 1. The molecule has 4 N–H and O–H groups in total. The van der Waals surface area contributed by atoms with Crippen LogP contribution in [0.15, 0.2) is 36.7 Å². The number of nitrogens with zero attached hydrogens (tertiary/aromatic N) is 2. The van der Waals surface area contributed by atoms with Crippen LogP contribution in [-0.2, 0) is 9.59 Å². The number of rotatable bonds is 3. The van der Waals surface area contributed by atoms with Crippen molar-refractivity contribution < 1.29 is 28.2 Å².